The van der Waals surface area contributed by atoms with Gasteiger partial charge in [0.2, 0.25) is 0 Å². The number of hydrogen-bond donors (Lipinski definition) is 1. The fourth-order valence-electron chi connectivity index (χ4n) is 0.846. The maximum absolute atomic E-state index is 10.6. The summed E-state index contributed by atoms with van der Waals surface area (Å²) in [4.78, 5) is -0.0278. The van der Waals surface area contributed by atoms with Crippen molar-refractivity contribution in [1.29, 1.82) is 0 Å². The fourth-order valence-corrected chi connectivity index (χ4v) is 1.57. The highest BCUT2D eigenvalue weighted by molar-refractivity contribution is 7.85. The number of aryl methyl sites for hydroxylation is 1. The van der Waals surface area contributed by atoms with Crippen molar-refractivity contribution in [2.24, 2.45) is 0 Å². The maximum atomic E-state index is 10.6. The van der Waals surface area contributed by atoms with Crippen LogP contribution in [0, 0.1) is 6.92 Å². The molecule has 1 N–H and O–H groups in total. The molecule has 0 saturated heterocycles. The second-order valence-electron chi connectivity index (χ2n) is 2.24. The van der Waals surface area contributed by atoms with Crippen LogP contribution in [0.4, 0.5) is 4.39 Å². The molecular weight excluding hydrogens is 195 g/mol. The van der Waals surface area contributed by atoms with Crippen molar-refractivity contribution < 1.29 is 17.4 Å². The minimum absolute atomic E-state index is 0.0278. The summed E-state index contributed by atoms with van der Waals surface area (Å²) < 4.78 is 39.4. The lowest BCUT2D eigenvalue weighted by Gasteiger charge is -1.99. The fraction of sp³-hybridized carbons (Fsp3) is 0.250. The van der Waals surface area contributed by atoms with Gasteiger partial charge >= 0.3 is 0 Å². The van der Waals surface area contributed by atoms with Crippen molar-refractivity contribution >= 4 is 10.1 Å². The molecule has 0 radical (unpaired) electrons. The predicted octanol–water partition coefficient (Wildman–Crippen LogP) is 1.83. The van der Waals surface area contributed by atoms with E-state index < -0.39 is 10.1 Å². The van der Waals surface area contributed by atoms with Crippen LogP contribution in [0.15, 0.2) is 29.2 Å². The predicted molar refractivity (Wildman–Crippen MR) is 48.0 cm³/mol. The summed E-state index contributed by atoms with van der Waals surface area (Å²) in [6, 6.07) is 6.27. The summed E-state index contributed by atoms with van der Waals surface area (Å²) in [5, 5.41) is 0. The zero-order chi connectivity index (χ0) is 10.5. The third-order valence-corrected chi connectivity index (χ3v) is 2.39. The Morgan fingerprint density at radius 3 is 2.00 bits per heavy atom. The summed E-state index contributed by atoms with van der Waals surface area (Å²) in [5.74, 6) is 0. The molecule has 0 saturated carbocycles. The largest absolute Gasteiger partial charge is 0.294 e. The van der Waals surface area contributed by atoms with Crippen LogP contribution in [0.1, 0.15) is 5.56 Å². The highest BCUT2D eigenvalue weighted by atomic mass is 32.2. The van der Waals surface area contributed by atoms with Gasteiger partial charge in [-0.25, -0.2) is 0 Å². The van der Waals surface area contributed by atoms with Crippen molar-refractivity contribution in [3.63, 3.8) is 0 Å². The first-order chi connectivity index (χ1) is 6.02. The Morgan fingerprint density at radius 1 is 1.23 bits per heavy atom. The van der Waals surface area contributed by atoms with E-state index in [-0.39, 0.29) is 4.90 Å². The van der Waals surface area contributed by atoms with Crippen molar-refractivity contribution in [2.45, 2.75) is 11.8 Å². The van der Waals surface area contributed by atoms with Gasteiger partial charge in [-0.05, 0) is 18.6 Å². The first-order valence-corrected chi connectivity index (χ1v) is 4.87. The smallest absolute Gasteiger partial charge is 0.282 e. The van der Waals surface area contributed by atoms with Gasteiger partial charge in [0.15, 0.2) is 0 Å². The monoisotopic (exact) mass is 206 g/mol. The first-order valence-electron chi connectivity index (χ1n) is 3.43. The Labute approximate surface area is 77.0 Å². The van der Waals surface area contributed by atoms with Gasteiger partial charge in [0, 0.05) is 0 Å². The third kappa shape index (κ3) is 3.52. The zero-order valence-corrected chi connectivity index (χ0v) is 8.18. The quantitative estimate of drug-likeness (QED) is 0.713. The Kier molecular flexibility index (Phi) is 4.58. The van der Waals surface area contributed by atoms with E-state index in [1.807, 2.05) is 0 Å². The number of alkyl halides is 1. The van der Waals surface area contributed by atoms with E-state index in [4.69, 9.17) is 4.55 Å². The second kappa shape index (κ2) is 4.94. The summed E-state index contributed by atoms with van der Waals surface area (Å²) in [7, 11) is -3.53. The lowest BCUT2D eigenvalue weighted by Crippen LogP contribution is -1.99. The molecule has 0 heterocycles. The number of hydrogen-bond acceptors (Lipinski definition) is 2. The van der Waals surface area contributed by atoms with E-state index in [0.29, 0.717) is 12.7 Å². The van der Waals surface area contributed by atoms with Gasteiger partial charge in [0.25, 0.3) is 10.1 Å². The van der Waals surface area contributed by atoms with Crippen LogP contribution in [-0.4, -0.2) is 20.1 Å². The molecule has 5 heteroatoms. The van der Waals surface area contributed by atoms with Gasteiger partial charge in [0.05, 0.1) is 12.1 Å². The van der Waals surface area contributed by atoms with Gasteiger partial charge in [-0.3, -0.25) is 8.94 Å². The van der Waals surface area contributed by atoms with E-state index in [1.54, 1.807) is 25.1 Å². The van der Waals surface area contributed by atoms with Crippen LogP contribution < -0.4 is 0 Å². The van der Waals surface area contributed by atoms with E-state index >= 15 is 0 Å². The highest BCUT2D eigenvalue weighted by Crippen LogP contribution is 2.12. The van der Waals surface area contributed by atoms with Crippen LogP contribution in [-0.2, 0) is 10.1 Å². The molecule has 0 unspecified atom stereocenters. The lowest BCUT2D eigenvalue weighted by molar-refractivity contribution is 0.482. The minimum atomic E-state index is -4.03. The molecule has 0 spiro atoms. The van der Waals surface area contributed by atoms with Crippen molar-refractivity contribution in [2.75, 3.05) is 7.18 Å². The van der Waals surface area contributed by atoms with Crippen molar-refractivity contribution in [3.8, 4) is 0 Å². The summed E-state index contributed by atoms with van der Waals surface area (Å²) >= 11 is 0. The van der Waals surface area contributed by atoms with Gasteiger partial charge < -0.3 is 0 Å². The zero-order valence-electron chi connectivity index (χ0n) is 7.36. The molecule has 1 aromatic rings. The van der Waals surface area contributed by atoms with Gasteiger partial charge in [-0.2, -0.15) is 8.42 Å². The van der Waals surface area contributed by atoms with E-state index in [9.17, 15) is 12.8 Å². The normalized spacial score (nSPS) is 10.2. The minimum Gasteiger partial charge on any atom is -0.282 e. The van der Waals surface area contributed by atoms with Crippen molar-refractivity contribution in [3.05, 3.63) is 29.8 Å². The Bertz CT molecular complexity index is 359. The molecule has 0 aromatic heterocycles. The molecule has 0 aliphatic heterocycles. The second-order valence-corrected chi connectivity index (χ2v) is 3.63. The molecule has 0 aliphatic carbocycles. The molecule has 0 bridgehead atoms. The summed E-state index contributed by atoms with van der Waals surface area (Å²) in [5.41, 5.74) is 0.551. The molecule has 0 aliphatic rings. The number of halogens is 1. The topological polar surface area (TPSA) is 54.4 Å². The highest BCUT2D eigenvalue weighted by Gasteiger charge is 2.10. The average molecular weight is 206 g/mol. The Morgan fingerprint density at radius 2 is 1.69 bits per heavy atom. The molecule has 13 heavy (non-hydrogen) atoms. The van der Waals surface area contributed by atoms with Crippen LogP contribution in [0.3, 0.4) is 0 Å². The first kappa shape index (κ1) is 12.1. The van der Waals surface area contributed by atoms with E-state index in [2.05, 4.69) is 0 Å². The molecule has 0 fully saturated rings. The van der Waals surface area contributed by atoms with Crippen LogP contribution in [0.2, 0.25) is 0 Å². The molecule has 0 atom stereocenters. The molecule has 74 valence electrons. The van der Waals surface area contributed by atoms with E-state index in [1.165, 1.54) is 6.07 Å². The van der Waals surface area contributed by atoms with Crippen LogP contribution >= 0.6 is 0 Å². The average Bonchev–Trinajstić information content (AvgIpc) is 2.07. The standard InChI is InChI=1S/C7H8O3S.CH3F/c1-6-4-2-3-5-7(6)11(8,9)10;1-2/h2-5H,1H3,(H,8,9,10);1H3. The molecular formula is C8H11FO3S. The molecule has 0 amide bonds. The van der Waals surface area contributed by atoms with Gasteiger partial charge in [-0.1, -0.05) is 18.2 Å². The SMILES string of the molecule is CF.Cc1ccccc1S(=O)(=O)O. The Balaban J connectivity index is 0.000000671. The molecule has 1 rings (SSSR count). The van der Waals surface area contributed by atoms with Crippen LogP contribution in [0.25, 0.3) is 0 Å². The summed E-state index contributed by atoms with van der Waals surface area (Å²) in [6.45, 7) is 1.63. The number of rotatable bonds is 1. The Hall–Kier alpha value is -0.940. The van der Waals surface area contributed by atoms with E-state index in [0.717, 1.165) is 0 Å². The maximum Gasteiger partial charge on any atom is 0.294 e. The lowest BCUT2D eigenvalue weighted by atomic mass is 10.2. The number of benzene rings is 1. The van der Waals surface area contributed by atoms with Gasteiger partial charge in [-0.15, -0.1) is 0 Å². The van der Waals surface area contributed by atoms with Crippen molar-refractivity contribution in [1.82, 2.24) is 0 Å². The van der Waals surface area contributed by atoms with Crippen LogP contribution in [0.5, 0.6) is 0 Å². The van der Waals surface area contributed by atoms with Gasteiger partial charge in [0.1, 0.15) is 0 Å². The summed E-state index contributed by atoms with van der Waals surface area (Å²) in [6.07, 6.45) is 0. The third-order valence-electron chi connectivity index (χ3n) is 1.37. The molecule has 3 nitrogen and oxygen atoms in total. The molecule has 1 aromatic carbocycles.